The zero-order chi connectivity index (χ0) is 24.5. The van der Waals surface area contributed by atoms with Crippen molar-refractivity contribution < 1.29 is 0 Å². The third-order valence-electron chi connectivity index (χ3n) is 9.22. The fourth-order valence-electron chi connectivity index (χ4n) is 6.92. The molecule has 1 aliphatic carbocycles. The monoisotopic (exact) mass is 477 g/mol. The van der Waals surface area contributed by atoms with E-state index in [-0.39, 0.29) is 0 Å². The third kappa shape index (κ3) is 11.8. The summed E-state index contributed by atoms with van der Waals surface area (Å²) in [5, 5.41) is 3.99. The number of hydrogen-bond donors (Lipinski definition) is 1. The first-order chi connectivity index (χ1) is 16.6. The summed E-state index contributed by atoms with van der Waals surface area (Å²) >= 11 is 0. The molecule has 0 aromatic rings. The van der Waals surface area contributed by atoms with Crippen molar-refractivity contribution >= 4 is 0 Å². The topological polar surface area (TPSA) is 15.3 Å². The average molecular weight is 477 g/mol. The van der Waals surface area contributed by atoms with Gasteiger partial charge in [0.05, 0.1) is 0 Å². The van der Waals surface area contributed by atoms with Crippen molar-refractivity contribution in [1.29, 1.82) is 0 Å². The Kier molecular flexibility index (Phi) is 16.1. The zero-order valence-electron chi connectivity index (χ0n) is 24.1. The maximum absolute atomic E-state index is 3.99. The molecule has 0 amide bonds. The fourth-order valence-corrected chi connectivity index (χ4v) is 6.92. The first-order valence-corrected chi connectivity index (χ1v) is 16.1. The lowest BCUT2D eigenvalue weighted by atomic mass is 9.65. The smallest absolute Gasteiger partial charge is 0.00670 e. The van der Waals surface area contributed by atoms with Crippen LogP contribution in [0.2, 0.25) is 0 Å². The quantitative estimate of drug-likeness (QED) is 0.166. The van der Waals surface area contributed by atoms with Crippen molar-refractivity contribution in [2.45, 2.75) is 162 Å². The molecule has 34 heavy (non-hydrogen) atoms. The van der Waals surface area contributed by atoms with Crippen LogP contribution in [0.3, 0.4) is 0 Å². The van der Waals surface area contributed by atoms with Gasteiger partial charge in [-0.15, -0.1) is 0 Å². The predicted octanol–water partition coefficient (Wildman–Crippen LogP) is 9.37. The molecule has 1 unspecified atom stereocenters. The minimum atomic E-state index is 0.704. The minimum Gasteiger partial charge on any atom is -0.314 e. The first-order valence-electron chi connectivity index (χ1n) is 16.1. The second-order valence-electron chi connectivity index (χ2n) is 12.6. The summed E-state index contributed by atoms with van der Waals surface area (Å²) in [7, 11) is 0. The van der Waals surface area contributed by atoms with Gasteiger partial charge < -0.3 is 10.2 Å². The molecule has 1 saturated heterocycles. The van der Waals surface area contributed by atoms with Crippen molar-refractivity contribution in [3.63, 3.8) is 0 Å². The second kappa shape index (κ2) is 18.2. The van der Waals surface area contributed by atoms with E-state index in [0.29, 0.717) is 5.41 Å². The van der Waals surface area contributed by atoms with Gasteiger partial charge in [-0.25, -0.2) is 0 Å². The van der Waals surface area contributed by atoms with E-state index in [0.717, 1.165) is 17.9 Å². The van der Waals surface area contributed by atoms with Crippen molar-refractivity contribution in [3.8, 4) is 0 Å². The number of rotatable bonds is 21. The van der Waals surface area contributed by atoms with Crippen molar-refractivity contribution in [1.82, 2.24) is 10.2 Å². The molecular formula is C32H64N2. The molecule has 2 aliphatic rings. The number of nitrogens with zero attached hydrogens (tertiary/aromatic N) is 1. The van der Waals surface area contributed by atoms with E-state index in [2.05, 4.69) is 37.9 Å². The van der Waals surface area contributed by atoms with Crippen LogP contribution in [0.15, 0.2) is 0 Å². The van der Waals surface area contributed by atoms with Crippen molar-refractivity contribution in [2.75, 3.05) is 26.2 Å². The van der Waals surface area contributed by atoms with E-state index in [1.807, 2.05) is 0 Å². The van der Waals surface area contributed by atoms with Gasteiger partial charge in [0, 0.05) is 25.7 Å². The molecule has 2 heteroatoms. The molecule has 0 radical (unpaired) electrons. The molecule has 2 rings (SSSR count). The maximum Gasteiger partial charge on any atom is 0.00670 e. The highest BCUT2D eigenvalue weighted by atomic mass is 15.2. The molecule has 1 saturated carbocycles. The molecule has 2 fully saturated rings. The molecule has 1 spiro atoms. The standard InChI is InChI=1S/C32H64N2/c1-5-9-12-15-18-30(19-16-13-10-6-2)26-34-27-32(28-34)23-21-29(22-24-32)25-33-31(17-8-4)20-14-11-7-3/h29-31,33H,5-28H2,1-4H3. The molecule has 0 aromatic heterocycles. The van der Waals surface area contributed by atoms with Gasteiger partial charge in [0.1, 0.15) is 0 Å². The van der Waals surface area contributed by atoms with E-state index >= 15 is 0 Å². The van der Waals surface area contributed by atoms with Crippen molar-refractivity contribution in [3.05, 3.63) is 0 Å². The van der Waals surface area contributed by atoms with E-state index in [1.54, 1.807) is 0 Å². The Morgan fingerprint density at radius 2 is 1.24 bits per heavy atom. The molecule has 0 bridgehead atoms. The SMILES string of the molecule is CCCCCCC(CCCCCC)CN1CC2(CCC(CNC(CCC)CCCCC)CC2)C1. The molecular weight excluding hydrogens is 412 g/mol. The molecule has 1 N–H and O–H groups in total. The largest absolute Gasteiger partial charge is 0.314 e. The number of hydrogen-bond acceptors (Lipinski definition) is 2. The molecule has 0 aromatic carbocycles. The van der Waals surface area contributed by atoms with Crippen LogP contribution in [0.1, 0.15) is 156 Å². The Balaban J connectivity index is 1.65. The van der Waals surface area contributed by atoms with E-state index in [4.69, 9.17) is 0 Å². The number of nitrogens with one attached hydrogen (secondary N) is 1. The predicted molar refractivity (Wildman–Crippen MR) is 153 cm³/mol. The number of unbranched alkanes of at least 4 members (excludes halogenated alkanes) is 8. The van der Waals surface area contributed by atoms with E-state index in [1.165, 1.54) is 155 Å². The Labute approximate surface area is 215 Å². The fraction of sp³-hybridized carbons (Fsp3) is 1.00. The van der Waals surface area contributed by atoms with Gasteiger partial charge in [-0.3, -0.25) is 0 Å². The van der Waals surface area contributed by atoms with Gasteiger partial charge >= 0.3 is 0 Å². The highest BCUT2D eigenvalue weighted by molar-refractivity contribution is 4.98. The normalized spacial score (nSPS) is 19.7. The van der Waals surface area contributed by atoms with Gasteiger partial charge in [-0.1, -0.05) is 105 Å². The molecule has 1 heterocycles. The van der Waals surface area contributed by atoms with Crippen LogP contribution in [0.5, 0.6) is 0 Å². The van der Waals surface area contributed by atoms with E-state index in [9.17, 15) is 0 Å². The van der Waals surface area contributed by atoms with Crippen LogP contribution in [0.4, 0.5) is 0 Å². The Bertz CT molecular complexity index is 448. The second-order valence-corrected chi connectivity index (χ2v) is 12.6. The summed E-state index contributed by atoms with van der Waals surface area (Å²) < 4.78 is 0. The zero-order valence-corrected chi connectivity index (χ0v) is 24.1. The highest BCUT2D eigenvalue weighted by Crippen LogP contribution is 2.46. The summed E-state index contributed by atoms with van der Waals surface area (Å²) in [6.07, 6.45) is 28.6. The Morgan fingerprint density at radius 1 is 0.676 bits per heavy atom. The van der Waals surface area contributed by atoms with E-state index < -0.39 is 0 Å². The van der Waals surface area contributed by atoms with Gasteiger partial charge in [-0.05, 0) is 75.2 Å². The summed E-state index contributed by atoms with van der Waals surface area (Å²) in [6.45, 7) is 14.9. The maximum atomic E-state index is 3.99. The molecule has 2 nitrogen and oxygen atoms in total. The highest BCUT2D eigenvalue weighted by Gasteiger charge is 2.45. The average Bonchev–Trinajstić information content (AvgIpc) is 2.82. The van der Waals surface area contributed by atoms with Gasteiger partial charge in [0.15, 0.2) is 0 Å². The third-order valence-corrected chi connectivity index (χ3v) is 9.22. The number of likely N-dealkylation sites (tertiary alicyclic amines) is 1. The van der Waals surface area contributed by atoms with Crippen LogP contribution in [0.25, 0.3) is 0 Å². The van der Waals surface area contributed by atoms with Crippen LogP contribution in [-0.4, -0.2) is 37.1 Å². The van der Waals surface area contributed by atoms with Crippen molar-refractivity contribution in [2.24, 2.45) is 17.3 Å². The summed E-state index contributed by atoms with van der Waals surface area (Å²) in [5.74, 6) is 1.91. The lowest BCUT2D eigenvalue weighted by Crippen LogP contribution is -2.58. The first kappa shape index (κ1) is 30.1. The summed E-state index contributed by atoms with van der Waals surface area (Å²) in [6, 6.07) is 0.776. The lowest BCUT2D eigenvalue weighted by Gasteiger charge is -2.54. The summed E-state index contributed by atoms with van der Waals surface area (Å²) in [5.41, 5.74) is 0.704. The van der Waals surface area contributed by atoms with Crippen LogP contribution >= 0.6 is 0 Å². The lowest BCUT2D eigenvalue weighted by molar-refractivity contribution is -0.0469. The van der Waals surface area contributed by atoms with Crippen LogP contribution in [0, 0.1) is 17.3 Å². The Hall–Kier alpha value is -0.0800. The molecule has 1 aliphatic heterocycles. The molecule has 1 atom stereocenters. The van der Waals surface area contributed by atoms with Gasteiger partial charge in [0.2, 0.25) is 0 Å². The molecule has 202 valence electrons. The van der Waals surface area contributed by atoms with Gasteiger partial charge in [-0.2, -0.15) is 0 Å². The van der Waals surface area contributed by atoms with Crippen LogP contribution < -0.4 is 5.32 Å². The van der Waals surface area contributed by atoms with Crippen LogP contribution in [-0.2, 0) is 0 Å². The minimum absolute atomic E-state index is 0.704. The Morgan fingerprint density at radius 3 is 1.79 bits per heavy atom. The van der Waals surface area contributed by atoms with Gasteiger partial charge in [0.25, 0.3) is 0 Å². The summed E-state index contributed by atoms with van der Waals surface area (Å²) in [4.78, 5) is 2.86.